The molecule has 107 valence electrons. The van der Waals surface area contributed by atoms with Crippen LogP contribution in [0.2, 0.25) is 0 Å². The second-order valence-electron chi connectivity index (χ2n) is 3.58. The molecule has 0 fully saturated rings. The molecular weight excluding hydrogens is 292 g/mol. The Morgan fingerprint density at radius 1 is 1.05 bits per heavy atom. The molecule has 0 atom stereocenters. The summed E-state index contributed by atoms with van der Waals surface area (Å²) in [6, 6.07) is 1.01. The number of halogens is 6. The smallest absolute Gasteiger partial charge is 0.420 e. The molecule has 2 rings (SSSR count). The molecule has 1 radical (unpaired) electrons. The first-order chi connectivity index (χ1) is 9.18. The normalized spacial score (nSPS) is 12.5. The lowest BCUT2D eigenvalue weighted by Crippen LogP contribution is -2.11. The molecular formula is C11H4F6NO2. The Morgan fingerprint density at radius 2 is 1.75 bits per heavy atom. The van der Waals surface area contributed by atoms with Gasteiger partial charge in [-0.3, -0.25) is 0 Å². The molecule has 20 heavy (non-hydrogen) atoms. The molecule has 3 nitrogen and oxygen atoms in total. The fraction of sp³-hybridized carbons (Fsp3) is 0.182. The monoisotopic (exact) mass is 296 g/mol. The van der Waals surface area contributed by atoms with Crippen molar-refractivity contribution in [2.24, 2.45) is 0 Å². The number of rotatable bonds is 2. The molecule has 2 aromatic rings. The van der Waals surface area contributed by atoms with Gasteiger partial charge in [0.15, 0.2) is 0 Å². The first kappa shape index (κ1) is 14.2. The lowest BCUT2D eigenvalue weighted by molar-refractivity contribution is -0.143. The predicted octanol–water partition coefficient (Wildman–Crippen LogP) is 4.30. The van der Waals surface area contributed by atoms with Gasteiger partial charge in [0.1, 0.15) is 11.9 Å². The highest BCUT2D eigenvalue weighted by Gasteiger charge is 2.39. The fourth-order valence-corrected chi connectivity index (χ4v) is 1.35. The maximum absolute atomic E-state index is 12.7. The van der Waals surface area contributed by atoms with Gasteiger partial charge in [-0.1, -0.05) is 0 Å². The van der Waals surface area contributed by atoms with Gasteiger partial charge in [-0.25, -0.2) is 4.98 Å². The van der Waals surface area contributed by atoms with E-state index in [4.69, 9.17) is 4.74 Å². The third kappa shape index (κ3) is 3.03. The average molecular weight is 296 g/mol. The van der Waals surface area contributed by atoms with Gasteiger partial charge in [0, 0.05) is 0 Å². The van der Waals surface area contributed by atoms with Crippen LogP contribution in [0.5, 0.6) is 11.7 Å². The van der Waals surface area contributed by atoms with E-state index in [1.165, 1.54) is 0 Å². The highest BCUT2D eigenvalue weighted by Crippen LogP contribution is 2.41. The minimum Gasteiger partial charge on any atom is -0.424 e. The van der Waals surface area contributed by atoms with Gasteiger partial charge >= 0.3 is 18.3 Å². The summed E-state index contributed by atoms with van der Waals surface area (Å²) >= 11 is 0. The van der Waals surface area contributed by atoms with Crippen LogP contribution in [0.25, 0.3) is 0 Å². The Bertz CT molecular complexity index is 588. The van der Waals surface area contributed by atoms with Crippen LogP contribution in [0.4, 0.5) is 26.3 Å². The summed E-state index contributed by atoms with van der Waals surface area (Å²) < 4.78 is 84.7. The molecule has 1 heterocycles. The van der Waals surface area contributed by atoms with Gasteiger partial charge in [-0.05, 0) is 18.2 Å². The zero-order valence-corrected chi connectivity index (χ0v) is 9.34. The van der Waals surface area contributed by atoms with Gasteiger partial charge in [0.05, 0.1) is 11.1 Å². The molecule has 1 aromatic carbocycles. The van der Waals surface area contributed by atoms with E-state index in [-0.39, 0.29) is 6.07 Å². The summed E-state index contributed by atoms with van der Waals surface area (Å²) in [5.41, 5.74) is -3.00. The van der Waals surface area contributed by atoms with Crippen molar-refractivity contribution in [1.82, 2.24) is 4.98 Å². The van der Waals surface area contributed by atoms with Crippen molar-refractivity contribution in [2.75, 3.05) is 0 Å². The Hall–Kier alpha value is -2.19. The van der Waals surface area contributed by atoms with E-state index in [2.05, 4.69) is 9.40 Å². The molecule has 0 saturated heterocycles. The molecule has 0 saturated carbocycles. The molecule has 0 aliphatic heterocycles. The minimum atomic E-state index is -5.01. The second-order valence-corrected chi connectivity index (χ2v) is 3.58. The van der Waals surface area contributed by atoms with Crippen LogP contribution in [0.3, 0.4) is 0 Å². The number of alkyl halides is 6. The summed E-state index contributed by atoms with van der Waals surface area (Å²) in [4.78, 5) is 3.29. The number of aromatic nitrogens is 1. The number of oxazole rings is 1. The molecule has 1 aromatic heterocycles. The molecule has 0 bridgehead atoms. The highest BCUT2D eigenvalue weighted by molar-refractivity contribution is 5.41. The fourth-order valence-electron chi connectivity index (χ4n) is 1.35. The van der Waals surface area contributed by atoms with Gasteiger partial charge in [-0.2, -0.15) is 26.3 Å². The van der Waals surface area contributed by atoms with E-state index in [0.29, 0.717) is 12.1 Å². The summed E-state index contributed by atoms with van der Waals surface area (Å²) in [6.45, 7) is 0. The number of benzene rings is 1. The predicted molar refractivity (Wildman–Crippen MR) is 51.9 cm³/mol. The van der Waals surface area contributed by atoms with Crippen molar-refractivity contribution >= 4 is 0 Å². The molecule has 0 aliphatic rings. The van der Waals surface area contributed by atoms with Crippen molar-refractivity contribution in [3.05, 3.63) is 41.9 Å². The third-order valence-corrected chi connectivity index (χ3v) is 2.19. The first-order valence-electron chi connectivity index (χ1n) is 4.96. The lowest BCUT2D eigenvalue weighted by Gasteiger charge is -2.15. The molecule has 0 spiro atoms. The van der Waals surface area contributed by atoms with Gasteiger partial charge in [0.25, 0.3) is 6.39 Å². The lowest BCUT2D eigenvalue weighted by atomic mass is 10.1. The largest absolute Gasteiger partial charge is 0.424 e. The van der Waals surface area contributed by atoms with Gasteiger partial charge < -0.3 is 9.15 Å². The van der Waals surface area contributed by atoms with Gasteiger partial charge in [-0.15, -0.1) is 0 Å². The maximum atomic E-state index is 12.7. The number of ether oxygens (including phenoxy) is 1. The first-order valence-corrected chi connectivity index (χ1v) is 4.96. The van der Waals surface area contributed by atoms with Crippen LogP contribution in [0, 0.1) is 6.39 Å². The van der Waals surface area contributed by atoms with Crippen molar-refractivity contribution in [3.8, 4) is 11.7 Å². The second kappa shape index (κ2) is 4.73. The number of hydrogen-bond donors (Lipinski definition) is 0. The minimum absolute atomic E-state index is 0.0323. The average Bonchev–Trinajstić information content (AvgIpc) is 2.79. The van der Waals surface area contributed by atoms with E-state index in [9.17, 15) is 26.3 Å². The number of nitrogens with zero attached hydrogens (tertiary/aromatic N) is 1. The van der Waals surface area contributed by atoms with Crippen LogP contribution < -0.4 is 4.74 Å². The Labute approximate surface area is 107 Å². The molecule has 0 amide bonds. The van der Waals surface area contributed by atoms with Crippen molar-refractivity contribution in [1.29, 1.82) is 0 Å². The van der Waals surface area contributed by atoms with Crippen LogP contribution in [0.15, 0.2) is 28.8 Å². The standard InChI is InChI=1S/C11H4F6NO2/c12-10(13,14)6-1-2-8(7(3-6)11(15,16)17)20-9-4-18-5-19-9/h1-4H. The number of hydrogen-bond acceptors (Lipinski definition) is 3. The summed E-state index contributed by atoms with van der Waals surface area (Å²) in [5, 5.41) is 0. The zero-order valence-electron chi connectivity index (χ0n) is 9.34. The van der Waals surface area contributed by atoms with E-state index in [1.807, 2.05) is 6.39 Å². The van der Waals surface area contributed by atoms with E-state index >= 15 is 0 Å². The summed E-state index contributed by atoms with van der Waals surface area (Å²) in [7, 11) is 0. The van der Waals surface area contributed by atoms with Crippen LogP contribution in [0.1, 0.15) is 11.1 Å². The summed E-state index contributed by atoms with van der Waals surface area (Å²) in [5.74, 6) is -1.24. The molecule has 9 heteroatoms. The maximum Gasteiger partial charge on any atom is 0.420 e. The summed E-state index contributed by atoms with van der Waals surface area (Å²) in [6.07, 6.45) is -7.04. The Balaban J connectivity index is 2.46. The molecule has 0 N–H and O–H groups in total. The van der Waals surface area contributed by atoms with Crippen LogP contribution in [-0.4, -0.2) is 4.98 Å². The topological polar surface area (TPSA) is 35.3 Å². The van der Waals surface area contributed by atoms with Gasteiger partial charge in [0.2, 0.25) is 0 Å². The quantitative estimate of drug-likeness (QED) is 0.775. The van der Waals surface area contributed by atoms with Crippen molar-refractivity contribution in [3.63, 3.8) is 0 Å². The Morgan fingerprint density at radius 3 is 2.25 bits per heavy atom. The van der Waals surface area contributed by atoms with Crippen molar-refractivity contribution < 1.29 is 35.5 Å². The van der Waals surface area contributed by atoms with Crippen molar-refractivity contribution in [2.45, 2.75) is 12.4 Å². The van der Waals surface area contributed by atoms with E-state index < -0.39 is 35.2 Å². The Kier molecular flexibility index (Phi) is 3.36. The molecule has 0 unspecified atom stereocenters. The highest BCUT2D eigenvalue weighted by atomic mass is 19.4. The van der Waals surface area contributed by atoms with E-state index in [1.54, 1.807) is 0 Å². The van der Waals surface area contributed by atoms with E-state index in [0.717, 1.165) is 6.20 Å². The zero-order chi connectivity index (χ0) is 15.0. The van der Waals surface area contributed by atoms with Crippen LogP contribution in [-0.2, 0) is 12.4 Å². The SMILES string of the molecule is FC(F)(F)c1ccc(Oc2cn[c]o2)c(C(F)(F)F)c1. The molecule has 0 aliphatic carbocycles. The third-order valence-electron chi connectivity index (χ3n) is 2.19. The van der Waals surface area contributed by atoms with Crippen LogP contribution >= 0.6 is 0 Å².